The van der Waals surface area contributed by atoms with Crippen LogP contribution in [0.3, 0.4) is 0 Å². The predicted octanol–water partition coefficient (Wildman–Crippen LogP) is 4.53. The van der Waals surface area contributed by atoms with Crippen molar-refractivity contribution in [3.63, 3.8) is 0 Å². The molecule has 45 heavy (non-hydrogen) atoms. The Morgan fingerprint density at radius 1 is 0.889 bits per heavy atom. The van der Waals surface area contributed by atoms with E-state index in [1.54, 1.807) is 66.7 Å². The minimum Gasteiger partial charge on any atom is -0.508 e. The van der Waals surface area contributed by atoms with Gasteiger partial charge in [0.05, 0.1) is 12.5 Å². The van der Waals surface area contributed by atoms with Gasteiger partial charge in [0, 0.05) is 17.8 Å². The van der Waals surface area contributed by atoms with E-state index < -0.39 is 29.9 Å². The van der Waals surface area contributed by atoms with Gasteiger partial charge in [0.15, 0.2) is 0 Å². The third-order valence-electron chi connectivity index (χ3n) is 7.77. The zero-order valence-corrected chi connectivity index (χ0v) is 26.1. The first-order valence-electron chi connectivity index (χ1n) is 15.4. The number of aliphatic carboxylic acids is 1. The fourth-order valence-corrected chi connectivity index (χ4v) is 4.92. The van der Waals surface area contributed by atoms with Crippen molar-refractivity contribution < 1.29 is 29.4 Å². The van der Waals surface area contributed by atoms with E-state index in [1.807, 2.05) is 20.8 Å². The Labute approximate surface area is 264 Å². The third kappa shape index (κ3) is 10.8. The van der Waals surface area contributed by atoms with Crippen molar-refractivity contribution in [2.75, 3.05) is 5.32 Å². The van der Waals surface area contributed by atoms with Crippen LogP contribution in [0.1, 0.15) is 79.1 Å². The van der Waals surface area contributed by atoms with E-state index in [9.17, 15) is 29.4 Å². The van der Waals surface area contributed by atoms with E-state index in [1.165, 1.54) is 0 Å². The average Bonchev–Trinajstić information content (AvgIpc) is 3.02. The molecule has 0 aliphatic carbocycles. The molecule has 240 valence electrons. The molecule has 3 rings (SSSR count). The van der Waals surface area contributed by atoms with Crippen LogP contribution in [0.15, 0.2) is 66.7 Å². The van der Waals surface area contributed by atoms with Crippen molar-refractivity contribution in [3.05, 3.63) is 94.5 Å². The zero-order valence-electron chi connectivity index (χ0n) is 26.1. The number of carbonyl (C=O) groups excluding carboxylic acids is 3. The lowest BCUT2D eigenvalue weighted by molar-refractivity contribution is -0.136. The molecule has 0 heterocycles. The van der Waals surface area contributed by atoms with Gasteiger partial charge in [0.1, 0.15) is 11.8 Å². The molecule has 0 aliphatic heterocycles. The Morgan fingerprint density at radius 3 is 2.22 bits per heavy atom. The van der Waals surface area contributed by atoms with Gasteiger partial charge >= 0.3 is 5.97 Å². The molecular weight excluding hydrogens is 572 g/mol. The van der Waals surface area contributed by atoms with Crippen LogP contribution in [0.5, 0.6) is 5.75 Å². The molecule has 3 aromatic carbocycles. The number of nitrogens with two attached hydrogens (primary N) is 1. The highest BCUT2D eigenvalue weighted by atomic mass is 16.4. The highest BCUT2D eigenvalue weighted by Gasteiger charge is 2.27. The number of rotatable bonds is 16. The summed E-state index contributed by atoms with van der Waals surface area (Å²) in [5, 5.41) is 27.5. The lowest BCUT2D eigenvalue weighted by atomic mass is 9.96. The SMILES string of the molecule is CCCC[C@H](N)C(=O)Nc1cc(Cc2ccc(O)cc2)cc(C(=O)N[C@H](C(=O)NCc2ccccc2CC(=O)O)[C@H](C)CC)c1. The van der Waals surface area contributed by atoms with E-state index >= 15 is 0 Å². The standard InChI is InChI=1S/C35H44N4O6/c1-4-6-11-30(36)34(44)38-28-18-24(16-23-12-14-29(40)15-13-23)17-27(19-28)33(43)39-32(22(3)5-2)35(45)37-21-26-10-8-7-9-25(26)20-31(41)42/h7-10,12-15,17-19,22,30,32,40H,4-6,11,16,20-21,36H2,1-3H3,(H,37,45)(H,38,44)(H,39,43)(H,41,42)/t22-,30+,32+/m1/s1. The number of amides is 3. The van der Waals surface area contributed by atoms with Gasteiger partial charge in [0.2, 0.25) is 11.8 Å². The maximum absolute atomic E-state index is 13.7. The monoisotopic (exact) mass is 616 g/mol. The quantitative estimate of drug-likeness (QED) is 0.137. The molecule has 0 bridgehead atoms. The smallest absolute Gasteiger partial charge is 0.307 e. The molecule has 0 aromatic heterocycles. The molecule has 0 saturated heterocycles. The van der Waals surface area contributed by atoms with Crippen molar-refractivity contribution in [1.82, 2.24) is 10.6 Å². The number of carbonyl (C=O) groups is 4. The molecule has 0 spiro atoms. The number of carboxylic acid groups (broad SMARTS) is 1. The number of anilines is 1. The molecule has 10 nitrogen and oxygen atoms in total. The lowest BCUT2D eigenvalue weighted by Crippen LogP contribution is -2.50. The van der Waals surface area contributed by atoms with Crippen molar-refractivity contribution in [2.45, 2.75) is 77.9 Å². The number of nitrogens with one attached hydrogen (secondary N) is 3. The molecule has 0 aliphatic rings. The van der Waals surface area contributed by atoms with Crippen LogP contribution in [0.25, 0.3) is 0 Å². The minimum atomic E-state index is -0.968. The topological polar surface area (TPSA) is 171 Å². The van der Waals surface area contributed by atoms with Crippen molar-refractivity contribution in [2.24, 2.45) is 11.7 Å². The highest BCUT2D eigenvalue weighted by molar-refractivity contribution is 6.00. The molecule has 10 heteroatoms. The average molecular weight is 617 g/mol. The summed E-state index contributed by atoms with van der Waals surface area (Å²) in [6.45, 7) is 5.93. The van der Waals surface area contributed by atoms with Crippen LogP contribution in [-0.4, -0.2) is 46.0 Å². The highest BCUT2D eigenvalue weighted by Crippen LogP contribution is 2.21. The maximum Gasteiger partial charge on any atom is 0.307 e. The van der Waals surface area contributed by atoms with Gasteiger partial charge in [-0.1, -0.05) is 76.4 Å². The van der Waals surface area contributed by atoms with Gasteiger partial charge in [-0.05, 0) is 71.3 Å². The summed E-state index contributed by atoms with van der Waals surface area (Å²) in [6, 6.07) is 17.2. The van der Waals surface area contributed by atoms with Crippen molar-refractivity contribution in [1.29, 1.82) is 0 Å². The Kier molecular flexibility index (Phi) is 13.1. The number of phenols is 1. The second-order valence-corrected chi connectivity index (χ2v) is 11.4. The summed E-state index contributed by atoms with van der Waals surface area (Å²) in [7, 11) is 0. The van der Waals surface area contributed by atoms with E-state index in [4.69, 9.17) is 5.73 Å². The van der Waals surface area contributed by atoms with E-state index in [0.29, 0.717) is 36.1 Å². The molecule has 0 fully saturated rings. The Balaban J connectivity index is 1.84. The predicted molar refractivity (Wildman–Crippen MR) is 174 cm³/mol. The fraction of sp³-hybridized carbons (Fsp3) is 0.371. The Morgan fingerprint density at radius 2 is 1.58 bits per heavy atom. The van der Waals surface area contributed by atoms with Gasteiger partial charge in [0.25, 0.3) is 5.91 Å². The second-order valence-electron chi connectivity index (χ2n) is 11.4. The van der Waals surface area contributed by atoms with E-state index in [0.717, 1.165) is 24.0 Å². The molecule has 0 unspecified atom stereocenters. The minimum absolute atomic E-state index is 0.113. The lowest BCUT2D eigenvalue weighted by Gasteiger charge is -2.24. The fourth-order valence-electron chi connectivity index (χ4n) is 4.92. The molecule has 3 amide bonds. The number of carboxylic acids is 1. The number of phenolic OH excluding ortho intramolecular Hbond substituents is 1. The largest absolute Gasteiger partial charge is 0.508 e. The van der Waals surface area contributed by atoms with Gasteiger partial charge in [-0.2, -0.15) is 0 Å². The summed E-state index contributed by atoms with van der Waals surface area (Å²) >= 11 is 0. The van der Waals surface area contributed by atoms with Gasteiger partial charge in [-0.25, -0.2) is 0 Å². The zero-order chi connectivity index (χ0) is 32.9. The van der Waals surface area contributed by atoms with Gasteiger partial charge in [-0.3, -0.25) is 19.2 Å². The first-order chi connectivity index (χ1) is 21.5. The third-order valence-corrected chi connectivity index (χ3v) is 7.77. The van der Waals surface area contributed by atoms with Crippen LogP contribution in [0, 0.1) is 5.92 Å². The van der Waals surface area contributed by atoms with Gasteiger partial charge < -0.3 is 31.9 Å². The van der Waals surface area contributed by atoms with Crippen LogP contribution in [0.4, 0.5) is 5.69 Å². The summed E-state index contributed by atoms with van der Waals surface area (Å²) in [5.74, 6) is -2.26. The number of unbranched alkanes of at least 4 members (excludes halogenated alkanes) is 1. The Bertz CT molecular complexity index is 1470. The number of aromatic hydroxyl groups is 1. The Hall–Kier alpha value is -4.70. The number of hydrogen-bond acceptors (Lipinski definition) is 6. The molecule has 3 aromatic rings. The number of hydrogen-bond donors (Lipinski definition) is 6. The molecule has 0 saturated carbocycles. The van der Waals surface area contributed by atoms with E-state index in [-0.39, 0.29) is 36.1 Å². The van der Waals surface area contributed by atoms with Crippen LogP contribution < -0.4 is 21.7 Å². The summed E-state index contributed by atoms with van der Waals surface area (Å²) in [4.78, 5) is 51.2. The van der Waals surface area contributed by atoms with Crippen LogP contribution in [0.2, 0.25) is 0 Å². The molecule has 7 N–H and O–H groups in total. The molecule has 0 radical (unpaired) electrons. The van der Waals surface area contributed by atoms with E-state index in [2.05, 4.69) is 16.0 Å². The van der Waals surface area contributed by atoms with Gasteiger partial charge in [-0.15, -0.1) is 0 Å². The maximum atomic E-state index is 13.7. The normalized spacial score (nSPS) is 12.9. The van der Waals surface area contributed by atoms with Crippen molar-refractivity contribution >= 4 is 29.4 Å². The first-order valence-corrected chi connectivity index (χ1v) is 15.4. The first kappa shape index (κ1) is 34.8. The molecule has 3 atom stereocenters. The number of benzene rings is 3. The van der Waals surface area contributed by atoms with Crippen molar-refractivity contribution in [3.8, 4) is 5.75 Å². The summed E-state index contributed by atoms with van der Waals surface area (Å²) < 4.78 is 0. The molecular formula is C35H44N4O6. The second kappa shape index (κ2) is 17.0. The van der Waals surface area contributed by atoms with Crippen LogP contribution in [-0.2, 0) is 33.8 Å². The summed E-state index contributed by atoms with van der Waals surface area (Å²) in [5.41, 5.74) is 9.67. The van der Waals surface area contributed by atoms with Crippen LogP contribution >= 0.6 is 0 Å². The summed E-state index contributed by atoms with van der Waals surface area (Å²) in [6.07, 6.45) is 3.14.